The highest BCUT2D eigenvalue weighted by Gasteiger charge is 2.07. The zero-order valence-corrected chi connectivity index (χ0v) is 7.98. The number of ketones is 1. The van der Waals surface area contributed by atoms with E-state index in [1.165, 1.54) is 13.0 Å². The van der Waals surface area contributed by atoms with E-state index < -0.39 is 5.82 Å². The molecule has 0 radical (unpaired) electrons. The van der Waals surface area contributed by atoms with Gasteiger partial charge < -0.3 is 5.73 Å². The summed E-state index contributed by atoms with van der Waals surface area (Å²) in [5.41, 5.74) is 5.66. The molecule has 4 heteroatoms. The number of anilines is 1. The largest absolute Gasteiger partial charge is 0.395 e. The molecule has 0 aliphatic carbocycles. The summed E-state index contributed by atoms with van der Waals surface area (Å²) in [6, 6.07) is 2.63. The van der Waals surface area contributed by atoms with Gasteiger partial charge in [0, 0.05) is 10.0 Å². The number of nitrogen functional groups attached to an aromatic ring is 1. The SMILES string of the molecule is CC(=O)c1cc(F)c(N)c(Br)c1. The lowest BCUT2D eigenvalue weighted by Crippen LogP contribution is -1.98. The average Bonchev–Trinajstić information content (AvgIpc) is 1.99. The van der Waals surface area contributed by atoms with Gasteiger partial charge in [0.05, 0.1) is 5.69 Å². The van der Waals surface area contributed by atoms with E-state index in [9.17, 15) is 9.18 Å². The maximum Gasteiger partial charge on any atom is 0.159 e. The van der Waals surface area contributed by atoms with Crippen molar-refractivity contribution in [2.24, 2.45) is 0 Å². The van der Waals surface area contributed by atoms with Gasteiger partial charge in [-0.05, 0) is 35.0 Å². The Morgan fingerprint density at radius 1 is 1.58 bits per heavy atom. The minimum absolute atomic E-state index is 0.0278. The molecule has 0 bridgehead atoms. The van der Waals surface area contributed by atoms with Crippen molar-refractivity contribution >= 4 is 27.4 Å². The fourth-order valence-electron chi connectivity index (χ4n) is 0.788. The Balaban J connectivity index is 3.31. The van der Waals surface area contributed by atoms with E-state index in [1.807, 2.05) is 0 Å². The van der Waals surface area contributed by atoms with Crippen LogP contribution in [-0.2, 0) is 0 Å². The van der Waals surface area contributed by atoms with E-state index >= 15 is 0 Å². The van der Waals surface area contributed by atoms with Crippen LogP contribution < -0.4 is 5.73 Å². The van der Waals surface area contributed by atoms with Gasteiger partial charge in [0.25, 0.3) is 0 Å². The quantitative estimate of drug-likeness (QED) is 0.596. The van der Waals surface area contributed by atoms with E-state index in [0.717, 1.165) is 6.07 Å². The second-order valence-electron chi connectivity index (χ2n) is 2.41. The Labute approximate surface area is 77.7 Å². The molecule has 0 aliphatic heterocycles. The van der Waals surface area contributed by atoms with Gasteiger partial charge in [-0.25, -0.2) is 4.39 Å². The predicted molar refractivity (Wildman–Crippen MR) is 48.5 cm³/mol. The highest BCUT2D eigenvalue weighted by molar-refractivity contribution is 9.10. The van der Waals surface area contributed by atoms with Crippen LogP contribution in [0.15, 0.2) is 16.6 Å². The Kier molecular flexibility index (Phi) is 2.47. The van der Waals surface area contributed by atoms with Crippen LogP contribution in [0.1, 0.15) is 17.3 Å². The second kappa shape index (κ2) is 3.23. The first-order valence-electron chi connectivity index (χ1n) is 3.28. The van der Waals surface area contributed by atoms with Gasteiger partial charge in [0.2, 0.25) is 0 Å². The first-order chi connectivity index (χ1) is 5.52. The number of nitrogens with two attached hydrogens (primary N) is 1. The third-order valence-electron chi connectivity index (χ3n) is 1.49. The topological polar surface area (TPSA) is 43.1 Å². The zero-order chi connectivity index (χ0) is 9.30. The molecule has 0 saturated heterocycles. The summed E-state index contributed by atoms with van der Waals surface area (Å²) in [5.74, 6) is -0.760. The van der Waals surface area contributed by atoms with E-state index in [0.29, 0.717) is 10.0 Å². The summed E-state index contributed by atoms with van der Waals surface area (Å²) >= 11 is 3.05. The van der Waals surface area contributed by atoms with E-state index in [2.05, 4.69) is 15.9 Å². The Hall–Kier alpha value is -0.900. The lowest BCUT2D eigenvalue weighted by molar-refractivity contribution is 0.101. The molecular formula is C8H7BrFNO. The van der Waals surface area contributed by atoms with Gasteiger partial charge in [-0.1, -0.05) is 0 Å². The molecule has 0 unspecified atom stereocenters. The molecule has 0 spiro atoms. The van der Waals surface area contributed by atoms with Crippen LogP contribution in [-0.4, -0.2) is 5.78 Å². The molecule has 0 saturated carbocycles. The molecule has 0 heterocycles. The number of Topliss-reactive ketones (excluding diaryl/α,β-unsaturated/α-hetero) is 1. The summed E-state index contributed by atoms with van der Waals surface area (Å²) in [6.07, 6.45) is 0. The Morgan fingerprint density at radius 3 is 2.58 bits per heavy atom. The van der Waals surface area contributed by atoms with Crippen LogP contribution in [0.3, 0.4) is 0 Å². The van der Waals surface area contributed by atoms with Crippen LogP contribution in [0.25, 0.3) is 0 Å². The van der Waals surface area contributed by atoms with Crippen LogP contribution in [0.5, 0.6) is 0 Å². The van der Waals surface area contributed by atoms with Gasteiger partial charge in [-0.15, -0.1) is 0 Å². The first kappa shape index (κ1) is 9.19. The first-order valence-corrected chi connectivity index (χ1v) is 4.07. The lowest BCUT2D eigenvalue weighted by atomic mass is 10.1. The van der Waals surface area contributed by atoms with Crippen molar-refractivity contribution in [2.75, 3.05) is 5.73 Å². The molecular weight excluding hydrogens is 225 g/mol. The third kappa shape index (κ3) is 1.64. The van der Waals surface area contributed by atoms with Gasteiger partial charge in [0.1, 0.15) is 5.82 Å². The lowest BCUT2D eigenvalue weighted by Gasteiger charge is -2.01. The number of hydrogen-bond acceptors (Lipinski definition) is 2. The summed E-state index contributed by atoms with van der Waals surface area (Å²) in [5, 5.41) is 0. The molecule has 0 aromatic heterocycles. The number of carbonyl (C=O) groups excluding carboxylic acids is 1. The van der Waals surface area contributed by atoms with Crippen LogP contribution >= 0.6 is 15.9 Å². The fourth-order valence-corrected chi connectivity index (χ4v) is 1.22. The standard InChI is InChI=1S/C8H7BrFNO/c1-4(12)5-2-6(9)8(11)7(10)3-5/h2-3H,11H2,1H3. The Bertz CT molecular complexity index is 315. The van der Waals surface area contributed by atoms with E-state index in [1.54, 1.807) is 0 Å². The monoisotopic (exact) mass is 231 g/mol. The molecule has 1 aromatic rings. The highest BCUT2D eigenvalue weighted by atomic mass is 79.9. The number of benzene rings is 1. The molecule has 1 rings (SSSR count). The maximum atomic E-state index is 12.9. The van der Waals surface area contributed by atoms with Crippen molar-refractivity contribution < 1.29 is 9.18 Å². The molecule has 0 fully saturated rings. The van der Waals surface area contributed by atoms with Gasteiger partial charge in [0.15, 0.2) is 5.78 Å². The van der Waals surface area contributed by atoms with Crippen molar-refractivity contribution in [3.63, 3.8) is 0 Å². The van der Waals surface area contributed by atoms with E-state index in [4.69, 9.17) is 5.73 Å². The number of halogens is 2. The third-order valence-corrected chi connectivity index (χ3v) is 2.14. The fraction of sp³-hybridized carbons (Fsp3) is 0.125. The molecule has 0 aliphatic rings. The normalized spacial score (nSPS) is 9.92. The minimum atomic E-state index is -0.574. The molecule has 0 atom stereocenters. The van der Waals surface area contributed by atoms with Crippen molar-refractivity contribution in [3.8, 4) is 0 Å². The van der Waals surface area contributed by atoms with Crippen LogP contribution in [0.2, 0.25) is 0 Å². The van der Waals surface area contributed by atoms with Crippen molar-refractivity contribution in [1.82, 2.24) is 0 Å². The van der Waals surface area contributed by atoms with Gasteiger partial charge in [-0.2, -0.15) is 0 Å². The summed E-state index contributed by atoms with van der Waals surface area (Å²) in [4.78, 5) is 10.8. The predicted octanol–water partition coefficient (Wildman–Crippen LogP) is 2.37. The van der Waals surface area contributed by atoms with Crippen molar-refractivity contribution in [2.45, 2.75) is 6.92 Å². The molecule has 64 valence electrons. The summed E-state index contributed by atoms with van der Waals surface area (Å²) in [6.45, 7) is 1.37. The molecule has 0 amide bonds. The van der Waals surface area contributed by atoms with Crippen molar-refractivity contribution in [1.29, 1.82) is 0 Å². The molecule has 1 aromatic carbocycles. The number of rotatable bonds is 1. The average molecular weight is 232 g/mol. The molecule has 12 heavy (non-hydrogen) atoms. The zero-order valence-electron chi connectivity index (χ0n) is 6.40. The summed E-state index contributed by atoms with van der Waals surface area (Å²) < 4.78 is 13.3. The maximum absolute atomic E-state index is 12.9. The van der Waals surface area contributed by atoms with Gasteiger partial charge >= 0.3 is 0 Å². The Morgan fingerprint density at radius 2 is 2.17 bits per heavy atom. The van der Waals surface area contributed by atoms with Crippen LogP contribution in [0.4, 0.5) is 10.1 Å². The van der Waals surface area contributed by atoms with Crippen LogP contribution in [0, 0.1) is 5.82 Å². The minimum Gasteiger partial charge on any atom is -0.395 e. The summed E-state index contributed by atoms with van der Waals surface area (Å²) in [7, 11) is 0. The van der Waals surface area contributed by atoms with Gasteiger partial charge in [-0.3, -0.25) is 4.79 Å². The number of hydrogen-bond donors (Lipinski definition) is 1. The smallest absolute Gasteiger partial charge is 0.159 e. The molecule has 2 nitrogen and oxygen atoms in total. The van der Waals surface area contributed by atoms with Crippen molar-refractivity contribution in [3.05, 3.63) is 28.0 Å². The second-order valence-corrected chi connectivity index (χ2v) is 3.26. The molecule has 2 N–H and O–H groups in total. The van der Waals surface area contributed by atoms with E-state index in [-0.39, 0.29) is 11.5 Å². The highest BCUT2D eigenvalue weighted by Crippen LogP contribution is 2.24. The number of carbonyl (C=O) groups is 1.